The van der Waals surface area contributed by atoms with Crippen molar-refractivity contribution in [3.8, 4) is 5.00 Å². The highest BCUT2D eigenvalue weighted by molar-refractivity contribution is 7.12. The van der Waals surface area contributed by atoms with Crippen molar-refractivity contribution in [2.24, 2.45) is 0 Å². The molecule has 0 bridgehead atoms. The van der Waals surface area contributed by atoms with Gasteiger partial charge in [-0.3, -0.25) is 0 Å². The van der Waals surface area contributed by atoms with E-state index in [0.717, 1.165) is 42.7 Å². The SMILES string of the molecule is O=c1n(C[NH+]2CC[NH+](Cc3cccc(Cl)c3)CC2)nnn1-c1cccs1. The highest BCUT2D eigenvalue weighted by Gasteiger charge is 2.24. The van der Waals surface area contributed by atoms with Crippen molar-refractivity contribution in [2.45, 2.75) is 13.2 Å². The number of nitrogens with zero attached hydrogens (tertiary/aromatic N) is 4. The van der Waals surface area contributed by atoms with Crippen LogP contribution < -0.4 is 15.5 Å². The van der Waals surface area contributed by atoms with Crippen LogP contribution in [-0.2, 0) is 13.2 Å². The lowest BCUT2D eigenvalue weighted by atomic mass is 10.2. The first-order valence-electron chi connectivity index (χ1n) is 8.67. The van der Waals surface area contributed by atoms with Gasteiger partial charge >= 0.3 is 5.69 Å². The lowest BCUT2D eigenvalue weighted by Crippen LogP contribution is -3.27. The molecule has 9 heteroatoms. The van der Waals surface area contributed by atoms with Crippen molar-refractivity contribution < 1.29 is 9.80 Å². The summed E-state index contributed by atoms with van der Waals surface area (Å²) in [4.78, 5) is 15.4. The molecule has 1 aliphatic rings. The van der Waals surface area contributed by atoms with Crippen molar-refractivity contribution in [3.63, 3.8) is 0 Å². The quantitative estimate of drug-likeness (QED) is 0.590. The van der Waals surface area contributed by atoms with Crippen molar-refractivity contribution in [2.75, 3.05) is 26.2 Å². The molecule has 0 saturated carbocycles. The normalized spacial score (nSPS) is 20.3. The van der Waals surface area contributed by atoms with Gasteiger partial charge < -0.3 is 9.80 Å². The molecule has 1 fully saturated rings. The molecule has 0 atom stereocenters. The van der Waals surface area contributed by atoms with Gasteiger partial charge in [-0.05, 0) is 40.1 Å². The van der Waals surface area contributed by atoms with Gasteiger partial charge in [-0.2, -0.15) is 0 Å². The molecule has 0 radical (unpaired) electrons. The fourth-order valence-corrected chi connectivity index (χ4v) is 4.22. The van der Waals surface area contributed by atoms with E-state index in [-0.39, 0.29) is 5.69 Å². The van der Waals surface area contributed by atoms with Crippen LogP contribution in [0.1, 0.15) is 5.56 Å². The molecule has 1 aliphatic heterocycles. The molecule has 3 heterocycles. The minimum Gasteiger partial charge on any atom is -0.322 e. The van der Waals surface area contributed by atoms with Gasteiger partial charge in [0.2, 0.25) is 0 Å². The molecule has 2 N–H and O–H groups in total. The van der Waals surface area contributed by atoms with Gasteiger partial charge in [-0.15, -0.1) is 20.7 Å². The van der Waals surface area contributed by atoms with E-state index in [0.29, 0.717) is 6.67 Å². The van der Waals surface area contributed by atoms with Crippen LogP contribution in [0.2, 0.25) is 5.02 Å². The second-order valence-corrected chi connectivity index (χ2v) is 7.95. The molecular formula is C17H21ClN6OS+2. The maximum absolute atomic E-state index is 12.5. The number of benzene rings is 1. The first-order valence-corrected chi connectivity index (χ1v) is 9.93. The summed E-state index contributed by atoms with van der Waals surface area (Å²) in [6.07, 6.45) is 0. The van der Waals surface area contributed by atoms with Crippen LogP contribution in [0.15, 0.2) is 46.6 Å². The summed E-state index contributed by atoms with van der Waals surface area (Å²) in [5, 5.41) is 11.6. The molecule has 136 valence electrons. The molecule has 1 aromatic carbocycles. The van der Waals surface area contributed by atoms with Crippen LogP contribution in [0.5, 0.6) is 0 Å². The first-order chi connectivity index (χ1) is 12.7. The molecule has 4 rings (SSSR count). The maximum Gasteiger partial charge on any atom is 0.374 e. The van der Waals surface area contributed by atoms with Gasteiger partial charge in [0, 0.05) is 10.6 Å². The summed E-state index contributed by atoms with van der Waals surface area (Å²) in [6, 6.07) is 11.8. The Balaban J connectivity index is 1.34. The lowest BCUT2D eigenvalue weighted by Gasteiger charge is -2.29. The second-order valence-electron chi connectivity index (χ2n) is 6.59. The number of nitrogens with one attached hydrogen (secondary N) is 2. The standard InChI is InChI=1S/C17H19ClN6OS/c18-15-4-1-3-14(11-15)12-21-6-8-22(9-7-21)13-23-17(25)24(20-19-23)16-5-2-10-26-16/h1-5,10-11H,6-9,12-13H2/p+2. The van der Waals surface area contributed by atoms with E-state index in [1.807, 2.05) is 35.7 Å². The second kappa shape index (κ2) is 7.71. The highest BCUT2D eigenvalue weighted by Crippen LogP contribution is 2.10. The summed E-state index contributed by atoms with van der Waals surface area (Å²) in [5.41, 5.74) is 1.10. The molecule has 7 nitrogen and oxygen atoms in total. The molecule has 0 unspecified atom stereocenters. The van der Waals surface area contributed by atoms with Crippen molar-refractivity contribution in [3.05, 3.63) is 62.8 Å². The van der Waals surface area contributed by atoms with Crippen LogP contribution in [-0.4, -0.2) is 46.0 Å². The monoisotopic (exact) mass is 392 g/mol. The van der Waals surface area contributed by atoms with Gasteiger partial charge in [0.25, 0.3) is 0 Å². The van der Waals surface area contributed by atoms with E-state index < -0.39 is 0 Å². The molecule has 0 aliphatic carbocycles. The van der Waals surface area contributed by atoms with Crippen LogP contribution >= 0.6 is 22.9 Å². The highest BCUT2D eigenvalue weighted by atomic mass is 35.5. The van der Waals surface area contributed by atoms with E-state index in [1.54, 1.807) is 4.90 Å². The van der Waals surface area contributed by atoms with Crippen molar-refractivity contribution in [1.82, 2.24) is 19.8 Å². The maximum atomic E-state index is 12.5. The smallest absolute Gasteiger partial charge is 0.322 e. The van der Waals surface area contributed by atoms with Crippen LogP contribution in [0.25, 0.3) is 5.00 Å². The van der Waals surface area contributed by atoms with Gasteiger partial charge in [-0.1, -0.05) is 23.7 Å². The molecule has 0 amide bonds. The zero-order valence-electron chi connectivity index (χ0n) is 14.3. The van der Waals surface area contributed by atoms with E-state index in [4.69, 9.17) is 11.6 Å². The van der Waals surface area contributed by atoms with Gasteiger partial charge in [-0.25, -0.2) is 4.79 Å². The summed E-state index contributed by atoms with van der Waals surface area (Å²) in [6.45, 7) is 5.70. The van der Waals surface area contributed by atoms with Crippen LogP contribution in [0.4, 0.5) is 0 Å². The topological polar surface area (TPSA) is 61.6 Å². The van der Waals surface area contributed by atoms with Gasteiger partial charge in [0.15, 0.2) is 6.67 Å². The van der Waals surface area contributed by atoms with Crippen LogP contribution in [0, 0.1) is 0 Å². The molecule has 2 aromatic heterocycles. The number of quaternary nitrogens is 2. The van der Waals surface area contributed by atoms with E-state index in [2.05, 4.69) is 16.5 Å². The van der Waals surface area contributed by atoms with E-state index in [9.17, 15) is 4.79 Å². The molecule has 26 heavy (non-hydrogen) atoms. The van der Waals surface area contributed by atoms with E-state index in [1.165, 1.54) is 31.2 Å². The Morgan fingerprint density at radius 3 is 2.62 bits per heavy atom. The summed E-state index contributed by atoms with van der Waals surface area (Å²) < 4.78 is 2.84. The molecular weight excluding hydrogens is 372 g/mol. The number of hydrogen-bond acceptors (Lipinski definition) is 4. The number of thiophene rings is 1. The fourth-order valence-electron chi connectivity index (χ4n) is 3.34. The minimum atomic E-state index is -0.173. The summed E-state index contributed by atoms with van der Waals surface area (Å²) in [7, 11) is 0. The number of halogens is 1. The first kappa shape index (κ1) is 17.4. The van der Waals surface area contributed by atoms with Crippen molar-refractivity contribution in [1.29, 1.82) is 0 Å². The Morgan fingerprint density at radius 1 is 1.08 bits per heavy atom. The summed E-state index contributed by atoms with van der Waals surface area (Å²) in [5.74, 6) is 0. The third-order valence-corrected chi connectivity index (χ3v) is 5.81. The van der Waals surface area contributed by atoms with Gasteiger partial charge in [0.05, 0.1) is 0 Å². The molecule has 1 saturated heterocycles. The van der Waals surface area contributed by atoms with Crippen LogP contribution in [0.3, 0.4) is 0 Å². The third-order valence-electron chi connectivity index (χ3n) is 4.74. The zero-order valence-corrected chi connectivity index (χ0v) is 15.8. The molecule has 3 aromatic rings. The fraction of sp³-hybridized carbons (Fsp3) is 0.353. The Labute approximate surface area is 160 Å². The number of piperazine rings is 1. The Morgan fingerprint density at radius 2 is 1.88 bits per heavy atom. The zero-order chi connectivity index (χ0) is 17.9. The van der Waals surface area contributed by atoms with Crippen molar-refractivity contribution >= 4 is 22.9 Å². The Kier molecular flexibility index (Phi) is 5.16. The lowest BCUT2D eigenvalue weighted by molar-refractivity contribution is -1.03. The van der Waals surface area contributed by atoms with E-state index >= 15 is 0 Å². The number of hydrogen-bond donors (Lipinski definition) is 2. The Bertz CT molecular complexity index is 913. The minimum absolute atomic E-state index is 0.173. The third kappa shape index (κ3) is 3.88. The summed E-state index contributed by atoms with van der Waals surface area (Å²) >= 11 is 7.55. The number of rotatable bonds is 5. The largest absolute Gasteiger partial charge is 0.374 e. The predicted molar refractivity (Wildman–Crippen MR) is 100 cm³/mol. The van der Waals surface area contributed by atoms with Gasteiger partial charge in [0.1, 0.15) is 37.7 Å². The number of tetrazole rings is 1. The molecule has 0 spiro atoms. The Hall–Kier alpha value is -2.00. The predicted octanol–water partition coefficient (Wildman–Crippen LogP) is -0.915. The number of aromatic nitrogens is 4. The average molecular weight is 393 g/mol. The average Bonchev–Trinajstić information content (AvgIpc) is 3.27.